The molecule has 1 amide bonds. The Morgan fingerprint density at radius 1 is 1.00 bits per heavy atom. The smallest absolute Gasteiger partial charge is 0.344 e. The van der Waals surface area contributed by atoms with E-state index in [1.165, 1.54) is 25.3 Å². The molecule has 144 valence electrons. The van der Waals surface area contributed by atoms with E-state index < -0.39 is 17.3 Å². The van der Waals surface area contributed by atoms with Gasteiger partial charge in [0, 0.05) is 5.39 Å². The molecule has 0 fully saturated rings. The number of nitrogens with one attached hydrogen (secondary N) is 1. The lowest BCUT2D eigenvalue weighted by Crippen LogP contribution is -2.14. The predicted molar refractivity (Wildman–Crippen MR) is 109 cm³/mol. The number of carbonyl (C=O) groups is 1. The molecule has 1 heterocycles. The lowest BCUT2D eigenvalue weighted by Gasteiger charge is -2.12. The van der Waals surface area contributed by atoms with Crippen LogP contribution < -0.4 is 15.7 Å². The van der Waals surface area contributed by atoms with Crippen LogP contribution >= 0.6 is 0 Å². The Kier molecular flexibility index (Phi) is 4.83. The van der Waals surface area contributed by atoms with Crippen molar-refractivity contribution in [2.24, 2.45) is 0 Å². The highest BCUT2D eigenvalue weighted by atomic mass is 19.1. The van der Waals surface area contributed by atoms with E-state index in [9.17, 15) is 14.0 Å². The van der Waals surface area contributed by atoms with E-state index in [4.69, 9.17) is 9.15 Å². The van der Waals surface area contributed by atoms with Crippen molar-refractivity contribution in [3.63, 3.8) is 0 Å². The van der Waals surface area contributed by atoms with Gasteiger partial charge in [0.15, 0.2) is 0 Å². The quantitative estimate of drug-likeness (QED) is 0.506. The molecule has 0 aliphatic rings. The van der Waals surface area contributed by atoms with Crippen LogP contribution in [-0.4, -0.2) is 13.0 Å². The number of hydrogen-bond donors (Lipinski definition) is 1. The van der Waals surface area contributed by atoms with Gasteiger partial charge in [-0.3, -0.25) is 4.79 Å². The second kappa shape index (κ2) is 7.59. The highest BCUT2D eigenvalue weighted by Gasteiger charge is 2.16. The Hall–Kier alpha value is -3.93. The van der Waals surface area contributed by atoms with E-state index >= 15 is 0 Å². The molecule has 1 N–H and O–H groups in total. The van der Waals surface area contributed by atoms with Crippen LogP contribution in [0.25, 0.3) is 22.1 Å². The fraction of sp³-hybridized carbons (Fsp3) is 0.0435. The number of ether oxygens (including phenoxy) is 1. The molecule has 0 bridgehead atoms. The Bertz CT molecular complexity index is 1280. The number of fused-ring (bicyclic) bond motifs is 1. The van der Waals surface area contributed by atoms with Gasteiger partial charge in [0.2, 0.25) is 0 Å². The maximum atomic E-state index is 13.9. The number of halogens is 1. The van der Waals surface area contributed by atoms with Crippen molar-refractivity contribution in [1.29, 1.82) is 0 Å². The molecule has 1 aromatic heterocycles. The molecule has 4 rings (SSSR count). The Balaban J connectivity index is 1.76. The third-order valence-electron chi connectivity index (χ3n) is 4.52. The van der Waals surface area contributed by atoms with Gasteiger partial charge in [-0.25, -0.2) is 9.18 Å². The molecule has 0 saturated heterocycles. The molecule has 3 aromatic carbocycles. The summed E-state index contributed by atoms with van der Waals surface area (Å²) in [5, 5.41) is 3.42. The number of methoxy groups -OCH3 is 1. The summed E-state index contributed by atoms with van der Waals surface area (Å²) >= 11 is 0. The average Bonchev–Trinajstić information content (AvgIpc) is 2.73. The summed E-state index contributed by atoms with van der Waals surface area (Å²) in [5.74, 6) is -0.872. The second-order valence-corrected chi connectivity index (χ2v) is 6.33. The molecule has 0 atom stereocenters. The summed E-state index contributed by atoms with van der Waals surface area (Å²) in [5.41, 5.74) is 1.08. The van der Waals surface area contributed by atoms with Crippen molar-refractivity contribution in [2.45, 2.75) is 0 Å². The van der Waals surface area contributed by atoms with E-state index in [2.05, 4.69) is 5.32 Å². The summed E-state index contributed by atoms with van der Waals surface area (Å²) in [6.07, 6.45) is 0. The Morgan fingerprint density at radius 3 is 2.55 bits per heavy atom. The number of benzene rings is 3. The Morgan fingerprint density at radius 2 is 1.76 bits per heavy atom. The van der Waals surface area contributed by atoms with Gasteiger partial charge < -0.3 is 14.5 Å². The van der Waals surface area contributed by atoms with Crippen LogP contribution in [0, 0.1) is 5.82 Å². The highest BCUT2D eigenvalue weighted by Crippen LogP contribution is 2.31. The van der Waals surface area contributed by atoms with Gasteiger partial charge >= 0.3 is 5.63 Å². The minimum Gasteiger partial charge on any atom is -0.495 e. The van der Waals surface area contributed by atoms with Crippen LogP contribution in [0.5, 0.6) is 5.75 Å². The van der Waals surface area contributed by atoms with Gasteiger partial charge in [-0.2, -0.15) is 0 Å². The monoisotopic (exact) mass is 389 g/mol. The highest BCUT2D eigenvalue weighted by molar-refractivity contribution is 6.05. The lowest BCUT2D eigenvalue weighted by molar-refractivity contribution is 0.102. The second-order valence-electron chi connectivity index (χ2n) is 6.33. The van der Waals surface area contributed by atoms with E-state index in [0.29, 0.717) is 28.1 Å². The number of carbonyl (C=O) groups excluding carboxylic acids is 1. The molecule has 0 aliphatic carbocycles. The molecule has 0 radical (unpaired) electrons. The van der Waals surface area contributed by atoms with Gasteiger partial charge in [0.25, 0.3) is 5.91 Å². The van der Waals surface area contributed by atoms with Crippen molar-refractivity contribution in [1.82, 2.24) is 0 Å². The summed E-state index contributed by atoms with van der Waals surface area (Å²) in [4.78, 5) is 25.0. The molecular weight excluding hydrogens is 373 g/mol. The molecule has 0 saturated carbocycles. The number of anilines is 1. The normalized spacial score (nSPS) is 10.7. The van der Waals surface area contributed by atoms with Gasteiger partial charge in [-0.1, -0.05) is 36.4 Å². The number of amides is 1. The van der Waals surface area contributed by atoms with Gasteiger partial charge in [-0.05, 0) is 42.0 Å². The summed E-state index contributed by atoms with van der Waals surface area (Å²) in [6.45, 7) is 0. The first kappa shape index (κ1) is 18.4. The molecule has 29 heavy (non-hydrogen) atoms. The first-order valence-electron chi connectivity index (χ1n) is 8.84. The van der Waals surface area contributed by atoms with Gasteiger partial charge in [-0.15, -0.1) is 0 Å². The van der Waals surface area contributed by atoms with Crippen molar-refractivity contribution < 1.29 is 18.3 Å². The molecule has 0 spiro atoms. The van der Waals surface area contributed by atoms with Crippen molar-refractivity contribution >= 4 is 22.6 Å². The fourth-order valence-electron chi connectivity index (χ4n) is 3.07. The van der Waals surface area contributed by atoms with Crippen molar-refractivity contribution in [2.75, 3.05) is 12.4 Å². The fourth-order valence-corrected chi connectivity index (χ4v) is 3.07. The zero-order valence-electron chi connectivity index (χ0n) is 15.4. The van der Waals surface area contributed by atoms with Crippen LogP contribution in [0.4, 0.5) is 10.1 Å². The zero-order valence-corrected chi connectivity index (χ0v) is 15.4. The van der Waals surface area contributed by atoms with Crippen LogP contribution in [0.15, 0.2) is 82.0 Å². The summed E-state index contributed by atoms with van der Waals surface area (Å²) < 4.78 is 24.6. The lowest BCUT2D eigenvalue weighted by atomic mass is 10.0. The summed E-state index contributed by atoms with van der Waals surface area (Å²) in [7, 11) is 1.46. The first-order valence-corrected chi connectivity index (χ1v) is 8.84. The summed E-state index contributed by atoms with van der Waals surface area (Å²) in [6, 6.07) is 19.5. The van der Waals surface area contributed by atoms with Crippen LogP contribution in [0.2, 0.25) is 0 Å². The number of para-hydroxylation sites is 1. The molecular formula is C23H16FNO4. The molecule has 4 aromatic rings. The van der Waals surface area contributed by atoms with E-state index in [-0.39, 0.29) is 5.56 Å². The van der Waals surface area contributed by atoms with E-state index in [1.54, 1.807) is 42.5 Å². The largest absolute Gasteiger partial charge is 0.495 e. The third-order valence-corrected chi connectivity index (χ3v) is 4.52. The van der Waals surface area contributed by atoms with Crippen LogP contribution in [0.1, 0.15) is 10.4 Å². The molecule has 0 aliphatic heterocycles. The average molecular weight is 389 g/mol. The minimum atomic E-state index is -0.629. The van der Waals surface area contributed by atoms with E-state index in [1.807, 2.05) is 12.1 Å². The molecule has 6 heteroatoms. The van der Waals surface area contributed by atoms with Crippen molar-refractivity contribution in [3.05, 3.63) is 94.6 Å². The maximum absolute atomic E-state index is 13.9. The predicted octanol–water partition coefficient (Wildman–Crippen LogP) is 4.86. The molecule has 5 nitrogen and oxygen atoms in total. The van der Waals surface area contributed by atoms with Gasteiger partial charge in [0.05, 0.1) is 23.9 Å². The van der Waals surface area contributed by atoms with Gasteiger partial charge in [0.1, 0.15) is 17.1 Å². The maximum Gasteiger partial charge on any atom is 0.344 e. The third kappa shape index (κ3) is 3.60. The van der Waals surface area contributed by atoms with Crippen LogP contribution in [0.3, 0.4) is 0 Å². The topological polar surface area (TPSA) is 68.5 Å². The Labute approximate surface area is 165 Å². The van der Waals surface area contributed by atoms with Crippen molar-refractivity contribution in [3.8, 4) is 16.9 Å². The zero-order chi connectivity index (χ0) is 20.4. The SMILES string of the molecule is COc1ccc(-c2cc3ccccc3oc2=O)cc1NC(=O)c1ccccc1F. The number of rotatable bonds is 4. The minimum absolute atomic E-state index is 0.0924. The first-order chi connectivity index (χ1) is 14.1. The van der Waals surface area contributed by atoms with Crippen LogP contribution in [-0.2, 0) is 0 Å². The standard InChI is InChI=1S/C23H16FNO4/c1-28-21-11-10-14(17-12-15-6-2-5-9-20(15)29-23(17)27)13-19(21)25-22(26)16-7-3-4-8-18(16)24/h2-13H,1H3,(H,25,26). The van der Waals surface area contributed by atoms with E-state index in [0.717, 1.165) is 5.39 Å². The number of hydrogen-bond acceptors (Lipinski definition) is 4. The molecule has 0 unspecified atom stereocenters.